The number of fused-ring (bicyclic) bond motifs is 10. The Kier molecular flexibility index (Phi) is 6.89. The minimum absolute atomic E-state index is 0.0130. The Hall–Kier alpha value is -4.34. The highest BCUT2D eigenvalue weighted by Gasteiger charge is 2.63. The Morgan fingerprint density at radius 1 is 1.06 bits per heavy atom. The first-order chi connectivity index (χ1) is 25.1. The standard InChI is InChI=1S/C38H38N4O9S/c1-15-28(43)19-11-21-36(46)42-22-12-49-37(47)38(35-18(9-10-39-38)17-7-5-6-8-20(17)40-35)13-52-34(25-24(22)33-32(50-14-51-33)16(2)29(25)44)27(42)26(41(21)3)23(19)30(45)31(15)48-4/h5-8,21-22,26-27,34,36,39-40,44,46H,9-14H2,1-4H3/t21?,22-,26?,27?,34+,36-,38+/m0/s1. The maximum Gasteiger partial charge on any atom is 0.333 e. The third kappa shape index (κ3) is 3.91. The van der Waals surface area contributed by atoms with Gasteiger partial charge in [0.1, 0.15) is 18.6 Å². The zero-order valence-electron chi connectivity index (χ0n) is 29.1. The monoisotopic (exact) mass is 726 g/mol. The second-order valence-corrected chi connectivity index (χ2v) is 15.9. The topological polar surface area (TPSA) is 163 Å². The second kappa shape index (κ2) is 11.1. The second-order valence-electron chi connectivity index (χ2n) is 14.8. The van der Waals surface area contributed by atoms with Gasteiger partial charge in [-0.3, -0.25) is 24.7 Å². The number of aromatic nitrogens is 1. The number of allylic oxidation sites excluding steroid dienone is 2. The van der Waals surface area contributed by atoms with Crippen LogP contribution in [0, 0.1) is 6.92 Å². The summed E-state index contributed by atoms with van der Waals surface area (Å²) >= 11 is 1.45. The number of nitrogens with zero attached hydrogens (tertiary/aromatic N) is 2. The van der Waals surface area contributed by atoms with Crippen molar-refractivity contribution >= 4 is 40.2 Å². The van der Waals surface area contributed by atoms with Gasteiger partial charge in [-0.2, -0.15) is 0 Å². The molecule has 3 aromatic rings. The zero-order valence-corrected chi connectivity index (χ0v) is 29.9. The van der Waals surface area contributed by atoms with Crippen molar-refractivity contribution in [2.45, 2.75) is 67.9 Å². The van der Waals surface area contributed by atoms with Crippen LogP contribution in [-0.4, -0.2) is 107 Å². The zero-order chi connectivity index (χ0) is 36.0. The van der Waals surface area contributed by atoms with Gasteiger partial charge in [-0.05, 0) is 45.4 Å². The molecule has 7 atom stereocenters. The molecule has 0 amide bonds. The highest BCUT2D eigenvalue weighted by Crippen LogP contribution is 2.62. The van der Waals surface area contributed by atoms with E-state index in [0.29, 0.717) is 45.9 Å². The van der Waals surface area contributed by atoms with Gasteiger partial charge >= 0.3 is 5.97 Å². The molecule has 7 aliphatic heterocycles. The van der Waals surface area contributed by atoms with Crippen molar-refractivity contribution in [2.24, 2.45) is 0 Å². The fourth-order valence-electron chi connectivity index (χ4n) is 10.2. The van der Waals surface area contributed by atoms with Gasteiger partial charge in [0, 0.05) is 62.7 Å². The number of phenolic OH excluding ortho intramolecular Hbond substituents is 1. The summed E-state index contributed by atoms with van der Waals surface area (Å²) in [5.74, 6) is 0.0100. The predicted octanol–water partition coefficient (Wildman–Crippen LogP) is 2.78. The fourth-order valence-corrected chi connectivity index (χ4v) is 11.8. The van der Waals surface area contributed by atoms with Crippen molar-refractivity contribution in [3.63, 3.8) is 0 Å². The summed E-state index contributed by atoms with van der Waals surface area (Å²) in [4.78, 5) is 50.4. The summed E-state index contributed by atoms with van der Waals surface area (Å²) < 4.78 is 23.9. The number of hydrogen-bond donors (Lipinski definition) is 4. The first kappa shape index (κ1) is 32.3. The van der Waals surface area contributed by atoms with Crippen LogP contribution in [0.4, 0.5) is 0 Å². The maximum atomic E-state index is 14.6. The van der Waals surface area contributed by atoms with Crippen LogP contribution in [0.3, 0.4) is 0 Å². The lowest BCUT2D eigenvalue weighted by Gasteiger charge is -2.62. The van der Waals surface area contributed by atoms with E-state index in [1.54, 1.807) is 13.8 Å². The van der Waals surface area contributed by atoms with Crippen molar-refractivity contribution in [3.8, 4) is 17.2 Å². The van der Waals surface area contributed by atoms with Crippen molar-refractivity contribution < 1.29 is 43.5 Å². The van der Waals surface area contributed by atoms with Crippen LogP contribution >= 0.6 is 11.8 Å². The number of hydrogen-bond acceptors (Lipinski definition) is 13. The lowest BCUT2D eigenvalue weighted by Crippen LogP contribution is -2.73. The highest BCUT2D eigenvalue weighted by molar-refractivity contribution is 7.99. The van der Waals surface area contributed by atoms with E-state index < -0.39 is 47.2 Å². The molecule has 1 aromatic heterocycles. The summed E-state index contributed by atoms with van der Waals surface area (Å²) in [6.07, 6.45) is -0.273. The molecule has 2 saturated heterocycles. The third-order valence-corrected chi connectivity index (χ3v) is 14.0. The number of aromatic amines is 1. The Bertz CT molecular complexity index is 2230. The molecule has 8 aliphatic rings. The predicted molar refractivity (Wildman–Crippen MR) is 188 cm³/mol. The van der Waals surface area contributed by atoms with E-state index >= 15 is 0 Å². The molecule has 14 heteroatoms. The lowest BCUT2D eigenvalue weighted by molar-refractivity contribution is -0.181. The molecule has 2 aromatic carbocycles. The highest BCUT2D eigenvalue weighted by atomic mass is 32.2. The van der Waals surface area contributed by atoms with Crippen molar-refractivity contribution in [1.29, 1.82) is 0 Å². The number of para-hydroxylation sites is 1. The molecule has 13 nitrogen and oxygen atoms in total. The van der Waals surface area contributed by atoms with Gasteiger partial charge in [0.2, 0.25) is 12.6 Å². The molecule has 1 aliphatic carbocycles. The maximum absolute atomic E-state index is 14.6. The average molecular weight is 727 g/mol. The van der Waals surface area contributed by atoms with E-state index in [4.69, 9.17) is 18.9 Å². The number of likely N-dealkylation sites (N-methyl/N-ethyl adjacent to an activating group) is 1. The summed E-state index contributed by atoms with van der Waals surface area (Å²) in [6.45, 7) is 3.69. The first-order valence-corrected chi connectivity index (χ1v) is 18.7. The molecule has 2 fully saturated rings. The Morgan fingerprint density at radius 3 is 2.65 bits per heavy atom. The van der Waals surface area contributed by atoms with Crippen LogP contribution in [0.1, 0.15) is 52.6 Å². The Balaban J connectivity index is 1.21. The van der Waals surface area contributed by atoms with Gasteiger partial charge in [0.05, 0.1) is 36.2 Å². The number of piperazine rings is 1. The fraction of sp³-hybridized carbons (Fsp3) is 0.447. The number of thioether (sulfide) groups is 1. The van der Waals surface area contributed by atoms with Crippen LogP contribution < -0.4 is 14.8 Å². The number of Topliss-reactive ketones (excluding diaryl/α,β-unsaturated/α-hetero) is 2. The molecule has 52 heavy (non-hydrogen) atoms. The van der Waals surface area contributed by atoms with Crippen molar-refractivity contribution in [2.75, 3.05) is 39.9 Å². The number of methoxy groups -OCH3 is 1. The normalized spacial score (nSPS) is 32.5. The summed E-state index contributed by atoms with van der Waals surface area (Å²) in [7, 11) is 3.27. The van der Waals surface area contributed by atoms with Crippen molar-refractivity contribution in [3.05, 3.63) is 74.7 Å². The van der Waals surface area contributed by atoms with Gasteiger partial charge in [-0.1, -0.05) is 18.2 Å². The molecule has 0 radical (unpaired) electrons. The van der Waals surface area contributed by atoms with Gasteiger partial charge < -0.3 is 34.1 Å². The smallest absolute Gasteiger partial charge is 0.333 e. The van der Waals surface area contributed by atoms with Gasteiger partial charge in [-0.15, -0.1) is 11.8 Å². The number of aromatic hydroxyl groups is 1. The minimum atomic E-state index is -1.26. The Labute approximate surface area is 302 Å². The number of phenols is 1. The van der Waals surface area contributed by atoms with Crippen LogP contribution in [0.2, 0.25) is 0 Å². The van der Waals surface area contributed by atoms with Crippen LogP contribution in [0.15, 0.2) is 46.7 Å². The summed E-state index contributed by atoms with van der Waals surface area (Å²) in [5, 5.41) is 28.6. The van der Waals surface area contributed by atoms with Crippen LogP contribution in [-0.2, 0) is 35.8 Å². The van der Waals surface area contributed by atoms with Gasteiger partial charge in [-0.25, -0.2) is 4.79 Å². The molecule has 8 heterocycles. The number of carbonyl (C=O) groups excluding carboxylic acids is 3. The quantitative estimate of drug-likeness (QED) is 0.214. The Morgan fingerprint density at radius 2 is 1.85 bits per heavy atom. The molecule has 0 saturated carbocycles. The molecule has 4 N–H and O–H groups in total. The third-order valence-electron chi connectivity index (χ3n) is 12.6. The van der Waals surface area contributed by atoms with Crippen molar-refractivity contribution in [1.82, 2.24) is 20.1 Å². The summed E-state index contributed by atoms with van der Waals surface area (Å²) in [6, 6.07) is 5.29. The summed E-state index contributed by atoms with van der Waals surface area (Å²) in [5.41, 5.74) is 4.12. The molecule has 4 bridgehead atoms. The molecule has 3 unspecified atom stereocenters. The molecule has 11 rings (SSSR count). The first-order valence-electron chi connectivity index (χ1n) is 17.6. The SMILES string of the molecule is COC1=C(C)C(=O)C2=C(C1=O)C1C3[C@@H]4SC[C@]5(NCCc6c5[nH]c5ccccc65)C(=O)OC[C@@H](c5c6c(c(C)c(O)c54)OCO6)N3[C@@H](O)C(C2)N1C. The van der Waals surface area contributed by atoms with E-state index in [0.717, 1.165) is 28.6 Å². The van der Waals surface area contributed by atoms with Gasteiger partial charge in [0.25, 0.3) is 0 Å². The number of ketones is 2. The molecular weight excluding hydrogens is 689 g/mol. The molecule has 1 spiro atoms. The number of aliphatic hydroxyl groups excluding tert-OH is 1. The van der Waals surface area contributed by atoms with E-state index in [2.05, 4.69) is 16.4 Å². The number of rotatable bonds is 1. The van der Waals surface area contributed by atoms with Crippen LogP contribution in [0.25, 0.3) is 10.9 Å². The number of esters is 1. The minimum Gasteiger partial charge on any atom is -0.507 e. The number of aliphatic hydroxyl groups is 1. The number of benzene rings is 2. The molecular formula is C38H38N4O9S. The number of ether oxygens (including phenoxy) is 4. The number of nitrogens with one attached hydrogen (secondary N) is 2. The number of carbonyl (C=O) groups is 3. The van der Waals surface area contributed by atoms with E-state index in [-0.39, 0.29) is 54.2 Å². The lowest BCUT2D eigenvalue weighted by atomic mass is 9.70. The van der Waals surface area contributed by atoms with Gasteiger partial charge in [0.15, 0.2) is 28.6 Å². The van der Waals surface area contributed by atoms with E-state index in [9.17, 15) is 24.6 Å². The van der Waals surface area contributed by atoms with E-state index in [1.807, 2.05) is 35.0 Å². The largest absolute Gasteiger partial charge is 0.507 e. The average Bonchev–Trinajstić information content (AvgIpc) is 3.79. The van der Waals surface area contributed by atoms with E-state index in [1.165, 1.54) is 18.9 Å². The van der Waals surface area contributed by atoms with Crippen LogP contribution in [0.5, 0.6) is 17.2 Å². The number of H-pyrrole nitrogens is 1. The molecule has 270 valence electrons.